The van der Waals surface area contributed by atoms with Crippen LogP contribution >= 0.6 is 35.1 Å². The molecule has 0 radical (unpaired) electrons. The highest BCUT2D eigenvalue weighted by atomic mass is 35.5. The summed E-state index contributed by atoms with van der Waals surface area (Å²) in [6.07, 6.45) is 5.36. The number of carbonyl (C=O) groups excluding carboxylic acids is 2. The molecule has 0 aromatic heterocycles. The van der Waals surface area contributed by atoms with Gasteiger partial charge in [0.1, 0.15) is 6.07 Å². The molecule has 2 saturated carbocycles. The van der Waals surface area contributed by atoms with Gasteiger partial charge in [-0.1, -0.05) is 18.0 Å². The normalized spacial score (nSPS) is 27.2. The zero-order valence-corrected chi connectivity index (χ0v) is 18.4. The van der Waals surface area contributed by atoms with E-state index in [1.165, 1.54) is 36.8 Å². The van der Waals surface area contributed by atoms with Crippen molar-refractivity contribution in [2.24, 2.45) is 17.8 Å². The zero-order chi connectivity index (χ0) is 20.4. The van der Waals surface area contributed by atoms with Crippen LogP contribution in [0.15, 0.2) is 18.2 Å². The van der Waals surface area contributed by atoms with Crippen LogP contribution < -0.4 is 5.32 Å². The maximum Gasteiger partial charge on any atom is 0.309 e. The molecule has 1 aromatic carbocycles. The number of amides is 1. The van der Waals surface area contributed by atoms with Crippen molar-refractivity contribution in [1.29, 1.82) is 5.26 Å². The number of anilines is 1. The molecule has 154 valence electrons. The molecule has 5 nitrogen and oxygen atoms in total. The fraction of sp³-hybridized carbons (Fsp3) is 0.571. The smallest absolute Gasteiger partial charge is 0.309 e. The highest BCUT2D eigenvalue weighted by Gasteiger charge is 2.55. The third kappa shape index (κ3) is 4.26. The Balaban J connectivity index is 1.33. The Bertz CT molecular complexity index is 835. The summed E-state index contributed by atoms with van der Waals surface area (Å²) in [6, 6.07) is 6.65. The van der Waals surface area contributed by atoms with Crippen LogP contribution in [-0.4, -0.2) is 34.1 Å². The fourth-order valence-electron chi connectivity index (χ4n) is 4.96. The van der Waals surface area contributed by atoms with Gasteiger partial charge in [-0.25, -0.2) is 0 Å². The van der Waals surface area contributed by atoms with E-state index in [0.29, 0.717) is 32.2 Å². The quantitative estimate of drug-likeness (QED) is 0.670. The molecule has 2 bridgehead atoms. The number of hydrogen-bond acceptors (Lipinski definition) is 6. The average Bonchev–Trinajstić information content (AvgIpc) is 3.15. The molecule has 3 fully saturated rings. The molecule has 2 atom stereocenters. The molecule has 1 saturated heterocycles. The number of nitriles is 1. The Morgan fingerprint density at radius 1 is 1.24 bits per heavy atom. The second-order valence-corrected chi connectivity index (χ2v) is 11.3. The van der Waals surface area contributed by atoms with Gasteiger partial charge in [0, 0.05) is 16.5 Å². The average molecular weight is 451 g/mol. The lowest BCUT2D eigenvalue weighted by atomic mass is 9.67. The van der Waals surface area contributed by atoms with Crippen LogP contribution in [0.5, 0.6) is 0 Å². The number of ether oxygens (including phenoxy) is 1. The van der Waals surface area contributed by atoms with Crippen LogP contribution in [0.2, 0.25) is 5.02 Å². The largest absolute Gasteiger partial charge is 0.455 e. The minimum absolute atomic E-state index is 0.119. The van der Waals surface area contributed by atoms with E-state index in [0.717, 1.165) is 12.8 Å². The lowest BCUT2D eigenvalue weighted by Gasteiger charge is -2.51. The molecule has 1 spiro atoms. The number of rotatable bonds is 4. The monoisotopic (exact) mass is 450 g/mol. The van der Waals surface area contributed by atoms with Crippen molar-refractivity contribution >= 4 is 52.7 Å². The standard InChI is InChI=1S/C21H23ClN2O3S2/c22-17-5-4-13(11-23)18(10-17)24-19(25)12-27-20(26)14-8-15-2-1-3-16(9-14)21(15)28-6-7-29-21/h4-5,10,14-16H,1-3,6-9,12H2,(H,24,25). The number of benzene rings is 1. The summed E-state index contributed by atoms with van der Waals surface area (Å²) in [6.45, 7) is -0.351. The lowest BCUT2D eigenvalue weighted by Crippen LogP contribution is -2.48. The Hall–Kier alpha value is -1.36. The second kappa shape index (κ2) is 8.79. The van der Waals surface area contributed by atoms with Gasteiger partial charge in [0.2, 0.25) is 0 Å². The maximum absolute atomic E-state index is 12.7. The minimum atomic E-state index is -0.466. The van der Waals surface area contributed by atoms with Crippen LogP contribution in [0.4, 0.5) is 5.69 Å². The van der Waals surface area contributed by atoms with Crippen LogP contribution in [0, 0.1) is 29.1 Å². The molecular weight excluding hydrogens is 428 g/mol. The maximum atomic E-state index is 12.7. The Kier molecular flexibility index (Phi) is 6.33. The van der Waals surface area contributed by atoms with Gasteiger partial charge in [-0.15, -0.1) is 23.5 Å². The van der Waals surface area contributed by atoms with E-state index >= 15 is 0 Å². The predicted octanol–water partition coefficient (Wildman–Crippen LogP) is 4.70. The molecule has 29 heavy (non-hydrogen) atoms. The second-order valence-electron chi connectivity index (χ2n) is 7.87. The topological polar surface area (TPSA) is 79.2 Å². The molecule has 2 unspecified atom stereocenters. The van der Waals surface area contributed by atoms with E-state index in [1.54, 1.807) is 12.1 Å². The molecule has 4 rings (SSSR count). The number of nitrogens with one attached hydrogen (secondary N) is 1. The van der Waals surface area contributed by atoms with E-state index in [-0.39, 0.29) is 18.5 Å². The molecule has 3 aliphatic rings. The van der Waals surface area contributed by atoms with Crippen molar-refractivity contribution in [3.8, 4) is 6.07 Å². The predicted molar refractivity (Wildman–Crippen MR) is 117 cm³/mol. The summed E-state index contributed by atoms with van der Waals surface area (Å²) in [4.78, 5) is 24.9. The van der Waals surface area contributed by atoms with Crippen molar-refractivity contribution < 1.29 is 14.3 Å². The number of esters is 1. The number of nitrogens with zero attached hydrogens (tertiary/aromatic N) is 1. The molecule has 1 amide bonds. The molecule has 8 heteroatoms. The molecule has 1 aromatic rings. The van der Waals surface area contributed by atoms with E-state index < -0.39 is 5.91 Å². The number of carbonyl (C=O) groups is 2. The number of hydrogen-bond donors (Lipinski definition) is 1. The van der Waals surface area contributed by atoms with E-state index in [1.807, 2.05) is 6.07 Å². The summed E-state index contributed by atoms with van der Waals surface area (Å²) in [5.74, 6) is 2.68. The molecule has 1 heterocycles. The highest BCUT2D eigenvalue weighted by Crippen LogP contribution is 2.64. The van der Waals surface area contributed by atoms with Crippen LogP contribution in [0.3, 0.4) is 0 Å². The van der Waals surface area contributed by atoms with Gasteiger partial charge in [-0.2, -0.15) is 5.26 Å². The van der Waals surface area contributed by atoms with Gasteiger partial charge in [-0.05, 0) is 55.7 Å². The van der Waals surface area contributed by atoms with Crippen molar-refractivity contribution in [2.45, 2.75) is 36.2 Å². The van der Waals surface area contributed by atoms with Crippen molar-refractivity contribution in [3.63, 3.8) is 0 Å². The van der Waals surface area contributed by atoms with Crippen LogP contribution in [0.1, 0.15) is 37.7 Å². The van der Waals surface area contributed by atoms with Crippen LogP contribution in [0.25, 0.3) is 0 Å². The minimum Gasteiger partial charge on any atom is -0.455 e. The lowest BCUT2D eigenvalue weighted by molar-refractivity contribution is -0.154. The van der Waals surface area contributed by atoms with Crippen molar-refractivity contribution in [3.05, 3.63) is 28.8 Å². The zero-order valence-electron chi connectivity index (χ0n) is 16.0. The van der Waals surface area contributed by atoms with E-state index in [2.05, 4.69) is 28.8 Å². The summed E-state index contributed by atoms with van der Waals surface area (Å²) in [5, 5.41) is 12.2. The van der Waals surface area contributed by atoms with E-state index in [4.69, 9.17) is 21.6 Å². The first kappa shape index (κ1) is 20.9. The first-order chi connectivity index (χ1) is 14.0. The summed E-state index contributed by atoms with van der Waals surface area (Å²) >= 11 is 10.1. The fourth-order valence-corrected chi connectivity index (χ4v) is 9.07. The molecule has 1 N–H and O–H groups in total. The first-order valence-corrected chi connectivity index (χ1v) is 12.3. The highest BCUT2D eigenvalue weighted by molar-refractivity contribution is 8.21. The first-order valence-electron chi connectivity index (χ1n) is 9.96. The third-order valence-electron chi connectivity index (χ3n) is 6.17. The Morgan fingerprint density at radius 2 is 1.93 bits per heavy atom. The SMILES string of the molecule is N#Cc1ccc(Cl)cc1NC(=O)COC(=O)C1CC2CCCC(C1)C21SCCS1. The van der Waals surface area contributed by atoms with Gasteiger partial charge in [0.05, 0.1) is 21.2 Å². The van der Waals surface area contributed by atoms with Gasteiger partial charge in [0.15, 0.2) is 6.61 Å². The van der Waals surface area contributed by atoms with Gasteiger partial charge < -0.3 is 10.1 Å². The van der Waals surface area contributed by atoms with Crippen LogP contribution in [-0.2, 0) is 14.3 Å². The van der Waals surface area contributed by atoms with Gasteiger partial charge in [-0.3, -0.25) is 9.59 Å². The summed E-state index contributed by atoms with van der Waals surface area (Å²) in [5.41, 5.74) is 0.636. The Morgan fingerprint density at radius 3 is 2.59 bits per heavy atom. The number of halogens is 1. The summed E-state index contributed by atoms with van der Waals surface area (Å²) in [7, 11) is 0. The molecule has 2 aliphatic carbocycles. The molecular formula is C21H23ClN2O3S2. The van der Waals surface area contributed by atoms with E-state index in [9.17, 15) is 9.59 Å². The van der Waals surface area contributed by atoms with Gasteiger partial charge >= 0.3 is 5.97 Å². The number of thioether (sulfide) groups is 2. The Labute approximate surface area is 184 Å². The van der Waals surface area contributed by atoms with Crippen molar-refractivity contribution in [1.82, 2.24) is 0 Å². The van der Waals surface area contributed by atoms with Crippen molar-refractivity contribution in [2.75, 3.05) is 23.4 Å². The third-order valence-corrected chi connectivity index (χ3v) is 10.4. The van der Waals surface area contributed by atoms with Gasteiger partial charge in [0.25, 0.3) is 5.91 Å². The summed E-state index contributed by atoms with van der Waals surface area (Å²) < 4.78 is 5.67. The molecule has 1 aliphatic heterocycles.